The molecule has 0 N–H and O–H groups in total. The maximum absolute atomic E-state index is 2.59. The van der Waals surface area contributed by atoms with Crippen LogP contribution in [0.5, 0.6) is 0 Å². The third kappa shape index (κ3) is 9.48. The second-order valence-electron chi connectivity index (χ2n) is 16.5. The monoisotopic (exact) mass is 862 g/mol. The fourth-order valence-electron chi connectivity index (χ4n) is 9.42. The molecule has 10 rings (SSSR count). The second-order valence-corrected chi connectivity index (χ2v) is 17.6. The van der Waals surface area contributed by atoms with Gasteiger partial charge in [0.25, 0.3) is 0 Å². The molecule has 3 aliphatic rings. The van der Waals surface area contributed by atoms with Gasteiger partial charge in [0.05, 0.1) is 22.5 Å². The minimum absolute atomic E-state index is 0.172. The van der Waals surface area contributed by atoms with E-state index < -0.39 is 0 Å². The van der Waals surface area contributed by atoms with Crippen LogP contribution in [-0.2, 0) is 0 Å². The number of hydrogen-bond donors (Lipinski definition) is 0. The molecular weight excluding hydrogens is 805 g/mol. The first-order valence-electron chi connectivity index (χ1n) is 23.5. The zero-order valence-corrected chi connectivity index (χ0v) is 38.7. The standard InChI is InChI=1S/C60H52N2S.C2H6/c1-2-17-45(22-14-20-44-18-6-3-4-7-19-44)46-32-38-51(39-33-46)61(50-24-8-5-9-25-50)52-40-34-47(35-41-52)48-36-42-53(43-37-48)62(57-29-15-23-49-21-10-11-26-54(49)57)58-30-16-28-56-55-27-12-13-31-59(55)63-60(56)58;1-2/h3-18,21-24,26-28,30-43,50,57H,2,19-20,25,29H2,1H3;1-2H3/b22-14-,45-17+;. The summed E-state index contributed by atoms with van der Waals surface area (Å²) in [6, 6.07) is 52.5. The first-order chi connectivity index (χ1) is 32.2. The fraction of sp³-hybridized carbons (Fsp3) is 0.161. The summed E-state index contributed by atoms with van der Waals surface area (Å²) in [4.78, 5) is 5.07. The molecule has 0 bridgehead atoms. The number of fused-ring (bicyclic) bond motifs is 4. The lowest BCUT2D eigenvalue weighted by molar-refractivity contribution is 0.704. The predicted octanol–water partition coefficient (Wildman–Crippen LogP) is 18.2. The molecule has 1 heterocycles. The van der Waals surface area contributed by atoms with Gasteiger partial charge in [-0.3, -0.25) is 0 Å². The normalized spacial score (nSPS) is 16.6. The first-order valence-corrected chi connectivity index (χ1v) is 24.3. The van der Waals surface area contributed by atoms with Gasteiger partial charge in [0.2, 0.25) is 0 Å². The molecule has 0 fully saturated rings. The van der Waals surface area contributed by atoms with Gasteiger partial charge < -0.3 is 9.80 Å². The Kier molecular flexibility index (Phi) is 13.8. The van der Waals surface area contributed by atoms with Crippen LogP contribution < -0.4 is 9.80 Å². The van der Waals surface area contributed by atoms with Crippen molar-refractivity contribution in [3.8, 4) is 11.1 Å². The lowest BCUT2D eigenvalue weighted by atomic mass is 9.90. The minimum atomic E-state index is 0.172. The number of hydrogen-bond acceptors (Lipinski definition) is 3. The van der Waals surface area contributed by atoms with E-state index >= 15 is 0 Å². The highest BCUT2D eigenvalue weighted by molar-refractivity contribution is 7.26. The predicted molar refractivity (Wildman–Crippen MR) is 286 cm³/mol. The number of nitrogens with zero attached hydrogens (tertiary/aromatic N) is 2. The Balaban J connectivity index is 0.00000263. The Labute approximate surface area is 390 Å². The summed E-state index contributed by atoms with van der Waals surface area (Å²) in [6.07, 6.45) is 36.2. The van der Waals surface area contributed by atoms with E-state index in [9.17, 15) is 0 Å². The van der Waals surface area contributed by atoms with Crippen molar-refractivity contribution < 1.29 is 0 Å². The maximum atomic E-state index is 2.59. The number of anilines is 4. The highest BCUT2D eigenvalue weighted by atomic mass is 32.1. The van der Waals surface area contributed by atoms with Gasteiger partial charge in [-0.2, -0.15) is 0 Å². The van der Waals surface area contributed by atoms with Crippen molar-refractivity contribution in [1.82, 2.24) is 0 Å². The van der Waals surface area contributed by atoms with Gasteiger partial charge in [0.15, 0.2) is 0 Å². The summed E-state index contributed by atoms with van der Waals surface area (Å²) in [5, 5.41) is 2.64. The van der Waals surface area contributed by atoms with Gasteiger partial charge in [0.1, 0.15) is 0 Å². The van der Waals surface area contributed by atoms with Crippen molar-refractivity contribution in [2.45, 2.75) is 65.0 Å². The van der Waals surface area contributed by atoms with E-state index in [1.54, 1.807) is 0 Å². The summed E-state index contributed by atoms with van der Waals surface area (Å²) < 4.78 is 2.65. The van der Waals surface area contributed by atoms with E-state index in [4.69, 9.17) is 0 Å². The van der Waals surface area contributed by atoms with Crippen LogP contribution in [0.3, 0.4) is 0 Å². The average Bonchev–Trinajstić information content (AvgIpc) is 3.56. The van der Waals surface area contributed by atoms with E-state index in [-0.39, 0.29) is 12.1 Å². The van der Waals surface area contributed by atoms with Crippen molar-refractivity contribution >= 4 is 65.9 Å². The summed E-state index contributed by atoms with van der Waals surface area (Å²) in [6.45, 7) is 6.21. The number of thiophene rings is 1. The Morgan fingerprint density at radius 1 is 0.631 bits per heavy atom. The summed E-state index contributed by atoms with van der Waals surface area (Å²) in [5.41, 5.74) is 13.8. The molecule has 2 unspecified atom stereocenters. The van der Waals surface area contributed by atoms with Crippen LogP contribution in [0, 0.1) is 0 Å². The van der Waals surface area contributed by atoms with Crippen molar-refractivity contribution in [2.75, 3.05) is 9.80 Å². The third-order valence-electron chi connectivity index (χ3n) is 12.5. The average molecular weight is 863 g/mol. The zero-order chi connectivity index (χ0) is 44.4. The van der Waals surface area contributed by atoms with Gasteiger partial charge in [-0.15, -0.1) is 11.3 Å². The van der Waals surface area contributed by atoms with Crippen LogP contribution in [0.15, 0.2) is 224 Å². The molecular formula is C62H58N2S. The Morgan fingerprint density at radius 3 is 2.08 bits per heavy atom. The van der Waals surface area contributed by atoms with Crippen molar-refractivity contribution in [3.63, 3.8) is 0 Å². The maximum Gasteiger partial charge on any atom is 0.0632 e. The van der Waals surface area contributed by atoms with Gasteiger partial charge in [-0.25, -0.2) is 0 Å². The molecule has 3 aliphatic carbocycles. The largest absolute Gasteiger partial charge is 0.334 e. The number of rotatable bonds is 12. The van der Waals surface area contributed by atoms with Crippen LogP contribution in [-0.4, -0.2) is 6.04 Å². The molecule has 0 saturated carbocycles. The molecule has 7 aromatic rings. The molecule has 322 valence electrons. The molecule has 2 nitrogen and oxygen atoms in total. The van der Waals surface area contributed by atoms with Gasteiger partial charge >= 0.3 is 0 Å². The van der Waals surface area contributed by atoms with Gasteiger partial charge in [-0.1, -0.05) is 202 Å². The molecule has 2 atom stereocenters. The first kappa shape index (κ1) is 43.3. The molecule has 0 aliphatic heterocycles. The highest BCUT2D eigenvalue weighted by Crippen LogP contribution is 2.47. The van der Waals surface area contributed by atoms with E-state index in [0.717, 1.165) is 32.1 Å². The molecule has 0 radical (unpaired) electrons. The molecule has 0 spiro atoms. The van der Waals surface area contributed by atoms with E-state index in [1.807, 2.05) is 25.2 Å². The Bertz CT molecular complexity index is 2980. The molecule has 65 heavy (non-hydrogen) atoms. The third-order valence-corrected chi connectivity index (χ3v) is 13.7. The number of benzene rings is 6. The topological polar surface area (TPSA) is 6.48 Å². The minimum Gasteiger partial charge on any atom is -0.334 e. The Hall–Kier alpha value is -6.94. The summed E-state index contributed by atoms with van der Waals surface area (Å²) in [7, 11) is 0. The summed E-state index contributed by atoms with van der Waals surface area (Å²) in [5.74, 6) is 0. The number of allylic oxidation sites excluding steroid dienone is 12. The summed E-state index contributed by atoms with van der Waals surface area (Å²) >= 11 is 1.90. The lowest BCUT2D eigenvalue weighted by Gasteiger charge is -2.36. The van der Waals surface area contributed by atoms with Crippen molar-refractivity contribution in [2.24, 2.45) is 0 Å². The zero-order valence-electron chi connectivity index (χ0n) is 37.9. The highest BCUT2D eigenvalue weighted by Gasteiger charge is 2.28. The van der Waals surface area contributed by atoms with E-state index in [1.165, 1.54) is 81.9 Å². The SMILES string of the molecule is CC.CC/C=C(\C=C/CC1=CC=CC=CC1)c1ccc(N(c2ccc(-c3ccc(N(c4cccc5c4sc4ccccc45)C4CC=Cc5ccccc54)cc3)cc2)C2C=CC=CC2)cc1. The van der Waals surface area contributed by atoms with Crippen LogP contribution in [0.2, 0.25) is 0 Å². The Morgan fingerprint density at radius 2 is 1.32 bits per heavy atom. The van der Waals surface area contributed by atoms with Crippen LogP contribution in [0.25, 0.3) is 42.9 Å². The molecule has 0 amide bonds. The second kappa shape index (κ2) is 20.7. The van der Waals surface area contributed by atoms with Crippen molar-refractivity contribution in [1.29, 1.82) is 0 Å². The van der Waals surface area contributed by atoms with Crippen molar-refractivity contribution in [3.05, 3.63) is 241 Å². The van der Waals surface area contributed by atoms with Gasteiger partial charge in [0, 0.05) is 32.5 Å². The van der Waals surface area contributed by atoms with Crippen LogP contribution >= 0.6 is 11.3 Å². The van der Waals surface area contributed by atoms with Gasteiger partial charge in [-0.05, 0) is 114 Å². The fourth-order valence-corrected chi connectivity index (χ4v) is 10.6. The molecule has 1 aromatic heterocycles. The van der Waals surface area contributed by atoms with Crippen LogP contribution in [0.1, 0.15) is 75.6 Å². The van der Waals surface area contributed by atoms with E-state index in [2.05, 4.69) is 241 Å². The molecule has 3 heteroatoms. The molecule has 6 aromatic carbocycles. The smallest absolute Gasteiger partial charge is 0.0632 e. The van der Waals surface area contributed by atoms with E-state index in [0.29, 0.717) is 0 Å². The lowest BCUT2D eigenvalue weighted by Crippen LogP contribution is -2.29. The molecule has 0 saturated heterocycles. The quantitative estimate of drug-likeness (QED) is 0.113. The van der Waals surface area contributed by atoms with Crippen LogP contribution in [0.4, 0.5) is 22.7 Å².